The number of carbonyl (C=O) groups excluding carboxylic acids is 5. The molecule has 0 saturated heterocycles. The first-order valence-corrected chi connectivity index (χ1v) is 16.6. The number of benzene rings is 3. The molecule has 3 aromatic carbocycles. The standard InChI is InChI=1S/C37H46N4O9/c1-47-34(43)32(22-12-14-24-39-36(45)49-26-29-17-7-3-8-18-29)40-33(42)31(41-37(46)50-27-30-19-9-4-10-20-30)21-11-13-23-38-35(44)48-25-28-15-5-2-6-16-28/h2-10,15-20,31-32H,11-14,21-27H2,1H3,(H,38,44)(H,39,45)(H,40,42)(H,41,46)/t31-,32?/m0/s1. The SMILES string of the molecule is COC(=O)C(CCCCNC(=O)OCc1ccccc1)NC(=O)[C@H](CCCCNC(=O)OCc1ccccc1)NC(=O)OCc1ccccc1. The number of nitrogens with one attached hydrogen (secondary N) is 4. The van der Waals surface area contributed by atoms with Crippen molar-refractivity contribution < 1.29 is 42.9 Å². The molecular formula is C37H46N4O9. The van der Waals surface area contributed by atoms with E-state index in [2.05, 4.69) is 21.3 Å². The zero-order chi connectivity index (χ0) is 35.8. The minimum atomic E-state index is -1.03. The normalized spacial score (nSPS) is 11.6. The number of methoxy groups -OCH3 is 1. The molecule has 4 N–H and O–H groups in total. The summed E-state index contributed by atoms with van der Waals surface area (Å²) in [7, 11) is 1.22. The highest BCUT2D eigenvalue weighted by atomic mass is 16.6. The van der Waals surface area contributed by atoms with Crippen LogP contribution in [0.2, 0.25) is 0 Å². The van der Waals surface area contributed by atoms with Gasteiger partial charge in [0.05, 0.1) is 7.11 Å². The third kappa shape index (κ3) is 16.0. The molecule has 3 aromatic rings. The van der Waals surface area contributed by atoms with E-state index in [4.69, 9.17) is 18.9 Å². The maximum absolute atomic E-state index is 13.4. The summed E-state index contributed by atoms with van der Waals surface area (Å²) < 4.78 is 20.6. The van der Waals surface area contributed by atoms with Crippen LogP contribution in [0.15, 0.2) is 91.0 Å². The van der Waals surface area contributed by atoms with Gasteiger partial charge in [0.25, 0.3) is 0 Å². The van der Waals surface area contributed by atoms with Crippen molar-refractivity contribution in [1.82, 2.24) is 21.3 Å². The van der Waals surface area contributed by atoms with Gasteiger partial charge in [0, 0.05) is 13.1 Å². The second-order valence-electron chi connectivity index (χ2n) is 11.3. The molecule has 268 valence electrons. The molecule has 0 spiro atoms. The van der Waals surface area contributed by atoms with Gasteiger partial charge in [-0.25, -0.2) is 19.2 Å². The van der Waals surface area contributed by atoms with Gasteiger partial charge in [0.1, 0.15) is 31.9 Å². The molecule has 0 bridgehead atoms. The number of hydrogen-bond donors (Lipinski definition) is 4. The molecular weight excluding hydrogens is 644 g/mol. The van der Waals surface area contributed by atoms with Crippen molar-refractivity contribution >= 4 is 30.2 Å². The van der Waals surface area contributed by atoms with E-state index in [-0.39, 0.29) is 32.7 Å². The van der Waals surface area contributed by atoms with Crippen LogP contribution >= 0.6 is 0 Å². The zero-order valence-corrected chi connectivity index (χ0v) is 28.3. The van der Waals surface area contributed by atoms with Crippen LogP contribution in [0.5, 0.6) is 0 Å². The fourth-order valence-electron chi connectivity index (χ4n) is 4.72. The van der Waals surface area contributed by atoms with E-state index in [1.54, 1.807) is 12.1 Å². The van der Waals surface area contributed by atoms with Crippen molar-refractivity contribution in [1.29, 1.82) is 0 Å². The number of carbonyl (C=O) groups is 5. The Labute approximate surface area is 292 Å². The van der Waals surface area contributed by atoms with Crippen molar-refractivity contribution in [3.05, 3.63) is 108 Å². The van der Waals surface area contributed by atoms with Gasteiger partial charge < -0.3 is 40.2 Å². The van der Waals surface area contributed by atoms with E-state index in [1.807, 2.05) is 78.9 Å². The molecule has 2 atom stereocenters. The van der Waals surface area contributed by atoms with Gasteiger partial charge >= 0.3 is 24.2 Å². The molecule has 3 rings (SSSR count). The van der Waals surface area contributed by atoms with E-state index < -0.39 is 42.2 Å². The highest BCUT2D eigenvalue weighted by Crippen LogP contribution is 2.09. The average Bonchev–Trinajstić information content (AvgIpc) is 3.15. The van der Waals surface area contributed by atoms with Crippen molar-refractivity contribution in [2.45, 2.75) is 70.4 Å². The van der Waals surface area contributed by atoms with Gasteiger partial charge in [0.2, 0.25) is 5.91 Å². The van der Waals surface area contributed by atoms with Crippen LogP contribution < -0.4 is 21.3 Å². The van der Waals surface area contributed by atoms with Crippen LogP contribution in [0.4, 0.5) is 14.4 Å². The lowest BCUT2D eigenvalue weighted by molar-refractivity contribution is -0.145. The molecule has 0 aliphatic rings. The Balaban J connectivity index is 1.46. The monoisotopic (exact) mass is 690 g/mol. The first-order chi connectivity index (χ1) is 24.3. The third-order valence-corrected chi connectivity index (χ3v) is 7.43. The highest BCUT2D eigenvalue weighted by Gasteiger charge is 2.27. The van der Waals surface area contributed by atoms with Crippen LogP contribution in [-0.2, 0) is 48.4 Å². The summed E-state index contributed by atoms with van der Waals surface area (Å²) in [6.45, 7) is 0.896. The number of rotatable bonds is 20. The molecule has 1 unspecified atom stereocenters. The Bertz CT molecular complexity index is 1460. The van der Waals surface area contributed by atoms with Crippen molar-refractivity contribution in [3.63, 3.8) is 0 Å². The van der Waals surface area contributed by atoms with Crippen molar-refractivity contribution in [3.8, 4) is 0 Å². The van der Waals surface area contributed by atoms with Crippen LogP contribution in [0.25, 0.3) is 0 Å². The number of amides is 4. The Hall–Kier alpha value is -5.59. The molecule has 0 heterocycles. The summed E-state index contributed by atoms with van der Waals surface area (Å²) in [5.41, 5.74) is 2.51. The maximum atomic E-state index is 13.4. The van der Waals surface area contributed by atoms with E-state index in [9.17, 15) is 24.0 Å². The van der Waals surface area contributed by atoms with Crippen LogP contribution in [0, 0.1) is 0 Å². The number of ether oxygens (including phenoxy) is 4. The highest BCUT2D eigenvalue weighted by molar-refractivity contribution is 5.89. The van der Waals surface area contributed by atoms with Crippen LogP contribution in [0.3, 0.4) is 0 Å². The summed E-state index contributed by atoms with van der Waals surface area (Å²) >= 11 is 0. The fourth-order valence-corrected chi connectivity index (χ4v) is 4.72. The first kappa shape index (κ1) is 38.9. The van der Waals surface area contributed by atoms with Gasteiger partial charge in [-0.15, -0.1) is 0 Å². The van der Waals surface area contributed by atoms with Crippen LogP contribution in [-0.4, -0.2) is 62.4 Å². The predicted molar refractivity (Wildman–Crippen MR) is 184 cm³/mol. The lowest BCUT2D eigenvalue weighted by Gasteiger charge is -2.22. The number of alkyl carbamates (subject to hydrolysis) is 3. The number of hydrogen-bond acceptors (Lipinski definition) is 9. The number of unbranched alkanes of at least 4 members (excludes halogenated alkanes) is 2. The molecule has 13 nitrogen and oxygen atoms in total. The molecule has 0 saturated carbocycles. The average molecular weight is 691 g/mol. The van der Waals surface area contributed by atoms with Gasteiger partial charge in [-0.3, -0.25) is 4.79 Å². The molecule has 0 aromatic heterocycles. The summed E-state index contributed by atoms with van der Waals surface area (Å²) in [5.74, 6) is -1.23. The quantitative estimate of drug-likeness (QED) is 0.0713. The predicted octanol–water partition coefficient (Wildman–Crippen LogP) is 5.13. The summed E-state index contributed by atoms with van der Waals surface area (Å²) in [6, 6.07) is 25.7. The molecule has 0 aliphatic heterocycles. The Morgan fingerprint density at radius 3 is 1.34 bits per heavy atom. The minimum absolute atomic E-state index is 0.00858. The maximum Gasteiger partial charge on any atom is 0.408 e. The topological polar surface area (TPSA) is 170 Å². The molecule has 0 aliphatic carbocycles. The fraction of sp³-hybridized carbons (Fsp3) is 0.378. The van der Waals surface area contributed by atoms with Gasteiger partial charge in [-0.05, 0) is 55.2 Å². The Morgan fingerprint density at radius 2 is 0.920 bits per heavy atom. The second kappa shape index (κ2) is 22.9. The molecule has 0 radical (unpaired) electrons. The molecule has 0 fully saturated rings. The second-order valence-corrected chi connectivity index (χ2v) is 11.3. The first-order valence-electron chi connectivity index (χ1n) is 16.6. The van der Waals surface area contributed by atoms with Crippen molar-refractivity contribution in [2.75, 3.05) is 20.2 Å². The lowest BCUT2D eigenvalue weighted by atomic mass is 10.1. The summed E-state index contributed by atoms with van der Waals surface area (Å²) in [4.78, 5) is 62.7. The lowest BCUT2D eigenvalue weighted by Crippen LogP contribution is -2.52. The minimum Gasteiger partial charge on any atom is -0.467 e. The zero-order valence-electron chi connectivity index (χ0n) is 28.3. The Morgan fingerprint density at radius 1 is 0.520 bits per heavy atom. The van der Waals surface area contributed by atoms with E-state index >= 15 is 0 Å². The smallest absolute Gasteiger partial charge is 0.408 e. The number of esters is 1. The largest absolute Gasteiger partial charge is 0.467 e. The van der Waals surface area contributed by atoms with E-state index in [0.29, 0.717) is 38.8 Å². The molecule has 4 amide bonds. The van der Waals surface area contributed by atoms with E-state index in [0.717, 1.165) is 16.7 Å². The van der Waals surface area contributed by atoms with Crippen LogP contribution in [0.1, 0.15) is 55.2 Å². The summed E-state index contributed by atoms with van der Waals surface area (Å²) in [5, 5.41) is 10.6. The van der Waals surface area contributed by atoms with Crippen molar-refractivity contribution in [2.24, 2.45) is 0 Å². The van der Waals surface area contributed by atoms with Gasteiger partial charge in [0.15, 0.2) is 0 Å². The molecule has 13 heteroatoms. The van der Waals surface area contributed by atoms with E-state index in [1.165, 1.54) is 7.11 Å². The van der Waals surface area contributed by atoms with Gasteiger partial charge in [-0.1, -0.05) is 91.0 Å². The molecule has 50 heavy (non-hydrogen) atoms. The van der Waals surface area contributed by atoms with Gasteiger partial charge in [-0.2, -0.15) is 0 Å². The third-order valence-electron chi connectivity index (χ3n) is 7.43. The Kier molecular flexibility index (Phi) is 17.8. The summed E-state index contributed by atoms with van der Waals surface area (Å²) in [6.07, 6.45) is 0.452.